The van der Waals surface area contributed by atoms with Crippen molar-refractivity contribution in [3.63, 3.8) is 0 Å². The molecule has 0 N–H and O–H groups in total. The van der Waals surface area contributed by atoms with E-state index in [1.807, 2.05) is 55.3 Å². The first-order chi connectivity index (χ1) is 11.7. The fourth-order valence-electron chi connectivity index (χ4n) is 3.64. The standard InChI is InChI=1S/C19H21N5/c1-5-10-24-12(3)17(21-16(24)6-2)13-11-14(13)19-18-15(22-23(19)4)8-7-9-20-18/h5-10,13-14H,2,11H2,1,3-4H3/b10-5-. The van der Waals surface area contributed by atoms with Crippen LogP contribution in [0.15, 0.2) is 31.0 Å². The summed E-state index contributed by atoms with van der Waals surface area (Å²) in [6.45, 7) is 8.03. The molecule has 2 atom stereocenters. The molecule has 1 fully saturated rings. The summed E-state index contributed by atoms with van der Waals surface area (Å²) in [5.41, 5.74) is 5.55. The molecule has 2 unspecified atom stereocenters. The monoisotopic (exact) mass is 319 g/mol. The summed E-state index contributed by atoms with van der Waals surface area (Å²) in [6, 6.07) is 3.95. The molecule has 4 rings (SSSR count). The zero-order valence-corrected chi connectivity index (χ0v) is 14.3. The number of rotatable bonds is 4. The van der Waals surface area contributed by atoms with Gasteiger partial charge in [0.2, 0.25) is 0 Å². The van der Waals surface area contributed by atoms with Gasteiger partial charge in [-0.1, -0.05) is 12.7 Å². The van der Waals surface area contributed by atoms with Crippen LogP contribution in [-0.4, -0.2) is 24.3 Å². The van der Waals surface area contributed by atoms with Crippen molar-refractivity contribution in [1.82, 2.24) is 24.3 Å². The molecule has 1 aliphatic rings. The van der Waals surface area contributed by atoms with Crippen molar-refractivity contribution < 1.29 is 0 Å². The Labute approximate surface area is 141 Å². The number of fused-ring (bicyclic) bond motifs is 1. The van der Waals surface area contributed by atoms with Gasteiger partial charge in [-0.05, 0) is 38.5 Å². The van der Waals surface area contributed by atoms with Crippen LogP contribution in [0.2, 0.25) is 0 Å². The van der Waals surface area contributed by atoms with Crippen molar-refractivity contribution in [2.45, 2.75) is 32.1 Å². The van der Waals surface area contributed by atoms with Crippen molar-refractivity contribution >= 4 is 23.3 Å². The largest absolute Gasteiger partial charge is 0.304 e. The van der Waals surface area contributed by atoms with Gasteiger partial charge in [0.25, 0.3) is 0 Å². The van der Waals surface area contributed by atoms with E-state index in [0.29, 0.717) is 11.8 Å². The third kappa shape index (κ3) is 2.12. The van der Waals surface area contributed by atoms with Crippen LogP contribution in [0.5, 0.6) is 0 Å². The van der Waals surface area contributed by atoms with Gasteiger partial charge in [0.1, 0.15) is 16.9 Å². The Morgan fingerprint density at radius 3 is 2.92 bits per heavy atom. The van der Waals surface area contributed by atoms with E-state index in [0.717, 1.165) is 23.3 Å². The highest BCUT2D eigenvalue weighted by molar-refractivity contribution is 5.78. The van der Waals surface area contributed by atoms with Crippen LogP contribution < -0.4 is 0 Å². The highest BCUT2D eigenvalue weighted by atomic mass is 15.3. The normalized spacial score (nSPS) is 20.1. The lowest BCUT2D eigenvalue weighted by Crippen LogP contribution is -1.98. The molecule has 0 saturated heterocycles. The highest BCUT2D eigenvalue weighted by Crippen LogP contribution is 2.56. The number of allylic oxidation sites excluding steroid dienone is 1. The fourth-order valence-corrected chi connectivity index (χ4v) is 3.64. The molecular weight excluding hydrogens is 298 g/mol. The Balaban J connectivity index is 1.74. The summed E-state index contributed by atoms with van der Waals surface area (Å²) in [6.07, 6.45) is 8.81. The van der Waals surface area contributed by atoms with Crippen LogP contribution in [0.4, 0.5) is 0 Å². The predicted octanol–water partition coefficient (Wildman–Crippen LogP) is 3.88. The number of hydrogen-bond acceptors (Lipinski definition) is 3. The molecule has 0 spiro atoms. The van der Waals surface area contributed by atoms with Gasteiger partial charge in [-0.15, -0.1) is 0 Å². The summed E-state index contributed by atoms with van der Waals surface area (Å²) in [5.74, 6) is 1.76. The van der Waals surface area contributed by atoms with Crippen LogP contribution in [0.1, 0.15) is 48.1 Å². The van der Waals surface area contributed by atoms with E-state index in [1.54, 1.807) is 0 Å². The van der Waals surface area contributed by atoms with Gasteiger partial charge in [0.05, 0.1) is 11.4 Å². The Morgan fingerprint density at radius 2 is 2.17 bits per heavy atom. The molecule has 3 aromatic rings. The molecule has 0 aliphatic heterocycles. The first kappa shape index (κ1) is 14.9. The molecule has 1 aliphatic carbocycles. The minimum absolute atomic E-state index is 0.427. The zero-order chi connectivity index (χ0) is 16.8. The molecule has 5 heteroatoms. The second kappa shape index (κ2) is 5.44. The predicted molar refractivity (Wildman–Crippen MR) is 96.7 cm³/mol. The van der Waals surface area contributed by atoms with Gasteiger partial charge in [-0.2, -0.15) is 5.10 Å². The van der Waals surface area contributed by atoms with Gasteiger partial charge >= 0.3 is 0 Å². The molecule has 24 heavy (non-hydrogen) atoms. The molecule has 0 bridgehead atoms. The van der Waals surface area contributed by atoms with Crippen molar-refractivity contribution in [3.05, 3.63) is 53.9 Å². The topological polar surface area (TPSA) is 48.5 Å². The van der Waals surface area contributed by atoms with E-state index in [9.17, 15) is 0 Å². The minimum Gasteiger partial charge on any atom is -0.304 e. The summed E-state index contributed by atoms with van der Waals surface area (Å²) in [7, 11) is 2.01. The maximum Gasteiger partial charge on any atom is 0.136 e. The number of pyridine rings is 1. The molecule has 3 heterocycles. The molecule has 5 nitrogen and oxygen atoms in total. The molecule has 0 aromatic carbocycles. The smallest absolute Gasteiger partial charge is 0.136 e. The van der Waals surface area contributed by atoms with Crippen molar-refractivity contribution in [3.8, 4) is 0 Å². The lowest BCUT2D eigenvalue weighted by atomic mass is 10.1. The maximum atomic E-state index is 4.82. The quantitative estimate of drug-likeness (QED) is 0.733. The SMILES string of the molecule is C=Cc1nc(C2CC2c2c3ncccc3nn2C)c(C)n1/C=C\C. The molecule has 122 valence electrons. The van der Waals surface area contributed by atoms with Crippen LogP contribution in [0.3, 0.4) is 0 Å². The molecule has 1 saturated carbocycles. The van der Waals surface area contributed by atoms with E-state index >= 15 is 0 Å². The average molecular weight is 319 g/mol. The first-order valence-electron chi connectivity index (χ1n) is 8.27. The molecule has 3 aromatic heterocycles. The van der Waals surface area contributed by atoms with Gasteiger partial charge in [0, 0.05) is 37.0 Å². The van der Waals surface area contributed by atoms with Gasteiger partial charge < -0.3 is 4.57 Å². The van der Waals surface area contributed by atoms with E-state index in [2.05, 4.69) is 28.2 Å². The van der Waals surface area contributed by atoms with E-state index in [1.165, 1.54) is 17.1 Å². The maximum absolute atomic E-state index is 4.82. The van der Waals surface area contributed by atoms with Gasteiger partial charge in [-0.3, -0.25) is 9.67 Å². The summed E-state index contributed by atoms with van der Waals surface area (Å²) < 4.78 is 4.09. The number of nitrogens with zero attached hydrogens (tertiary/aromatic N) is 5. The highest BCUT2D eigenvalue weighted by Gasteiger charge is 2.45. The molecule has 0 amide bonds. The fraction of sp³-hybridized carbons (Fsp3) is 0.316. The second-order valence-electron chi connectivity index (χ2n) is 6.33. The van der Waals surface area contributed by atoms with Crippen molar-refractivity contribution in [2.24, 2.45) is 7.05 Å². The number of aryl methyl sites for hydroxylation is 1. The average Bonchev–Trinajstić information content (AvgIpc) is 3.18. The van der Waals surface area contributed by atoms with Crippen LogP contribution in [0, 0.1) is 6.92 Å². The van der Waals surface area contributed by atoms with E-state index in [4.69, 9.17) is 4.98 Å². The summed E-state index contributed by atoms with van der Waals surface area (Å²) in [5, 5.41) is 4.59. The Morgan fingerprint density at radius 1 is 1.33 bits per heavy atom. The van der Waals surface area contributed by atoms with E-state index in [-0.39, 0.29) is 0 Å². The summed E-state index contributed by atoms with van der Waals surface area (Å²) in [4.78, 5) is 9.37. The van der Waals surface area contributed by atoms with Crippen LogP contribution in [0.25, 0.3) is 23.3 Å². The number of imidazole rings is 1. The van der Waals surface area contributed by atoms with Gasteiger partial charge in [-0.25, -0.2) is 4.98 Å². The Hall–Kier alpha value is -2.69. The lowest BCUT2D eigenvalue weighted by molar-refractivity contribution is 0.715. The third-order valence-corrected chi connectivity index (χ3v) is 4.82. The Bertz CT molecular complexity index is 960. The zero-order valence-electron chi connectivity index (χ0n) is 14.3. The number of aromatic nitrogens is 5. The molecule has 0 radical (unpaired) electrons. The van der Waals surface area contributed by atoms with Crippen LogP contribution in [-0.2, 0) is 7.05 Å². The van der Waals surface area contributed by atoms with E-state index < -0.39 is 0 Å². The summed E-state index contributed by atoms with van der Waals surface area (Å²) >= 11 is 0. The van der Waals surface area contributed by atoms with Gasteiger partial charge in [0.15, 0.2) is 0 Å². The Kier molecular flexibility index (Phi) is 3.37. The lowest BCUT2D eigenvalue weighted by Gasteiger charge is -2.02. The van der Waals surface area contributed by atoms with Crippen molar-refractivity contribution in [2.75, 3.05) is 0 Å². The second-order valence-corrected chi connectivity index (χ2v) is 6.33. The number of hydrogen-bond donors (Lipinski definition) is 0. The minimum atomic E-state index is 0.427. The van der Waals surface area contributed by atoms with Crippen LogP contribution >= 0.6 is 0 Å². The first-order valence-corrected chi connectivity index (χ1v) is 8.27. The molecular formula is C19H21N5. The third-order valence-electron chi connectivity index (χ3n) is 4.82. The van der Waals surface area contributed by atoms with Crippen molar-refractivity contribution in [1.29, 1.82) is 0 Å².